The molecule has 1 aromatic rings. The van der Waals surface area contributed by atoms with Gasteiger partial charge < -0.3 is 16.2 Å². The van der Waals surface area contributed by atoms with Crippen molar-refractivity contribution in [3.63, 3.8) is 0 Å². The minimum absolute atomic E-state index is 0.297. The first kappa shape index (κ1) is 8.39. The Bertz CT molecular complexity index is 310. The number of carbonyl (C=O) groups is 1. The van der Waals surface area contributed by atoms with Gasteiger partial charge in [0, 0.05) is 11.6 Å². The SMILES string of the molecule is COc1cc(N)c(N)c(C=O)c1. The molecule has 1 rings (SSSR count). The molecule has 0 heterocycles. The molecule has 0 saturated heterocycles. The van der Waals surface area contributed by atoms with E-state index in [1.807, 2.05) is 0 Å². The van der Waals surface area contributed by atoms with Crippen LogP contribution >= 0.6 is 0 Å². The second kappa shape index (κ2) is 3.13. The van der Waals surface area contributed by atoms with Crippen LogP contribution in [0.15, 0.2) is 12.1 Å². The standard InChI is InChI=1S/C8H10N2O2/c1-12-6-2-5(4-11)8(10)7(9)3-6/h2-4H,9-10H2,1H3. The third-order valence-corrected chi connectivity index (χ3v) is 1.58. The molecule has 4 nitrogen and oxygen atoms in total. The van der Waals surface area contributed by atoms with Crippen LogP contribution in [0.3, 0.4) is 0 Å². The Balaban J connectivity index is 3.28. The highest BCUT2D eigenvalue weighted by atomic mass is 16.5. The van der Waals surface area contributed by atoms with Crippen molar-refractivity contribution in [2.24, 2.45) is 0 Å². The van der Waals surface area contributed by atoms with Gasteiger partial charge in [-0.1, -0.05) is 0 Å². The van der Waals surface area contributed by atoms with Gasteiger partial charge in [0.1, 0.15) is 5.75 Å². The second-order valence-corrected chi connectivity index (χ2v) is 2.34. The Hall–Kier alpha value is -1.71. The lowest BCUT2D eigenvalue weighted by molar-refractivity contribution is 0.112. The summed E-state index contributed by atoms with van der Waals surface area (Å²) >= 11 is 0. The molecule has 4 heteroatoms. The van der Waals surface area contributed by atoms with Gasteiger partial charge >= 0.3 is 0 Å². The maximum absolute atomic E-state index is 10.5. The molecule has 0 spiro atoms. The van der Waals surface area contributed by atoms with Crippen LogP contribution in [0, 0.1) is 0 Å². The number of carbonyl (C=O) groups excluding carboxylic acids is 1. The first-order chi connectivity index (χ1) is 5.69. The summed E-state index contributed by atoms with van der Waals surface area (Å²) in [6, 6.07) is 3.11. The Labute approximate surface area is 70.1 Å². The molecule has 0 aliphatic heterocycles. The number of hydrogen-bond donors (Lipinski definition) is 2. The van der Waals surface area contributed by atoms with Gasteiger partial charge in [-0.15, -0.1) is 0 Å². The Kier molecular flexibility index (Phi) is 2.19. The maximum Gasteiger partial charge on any atom is 0.152 e. The fraction of sp³-hybridized carbons (Fsp3) is 0.125. The van der Waals surface area contributed by atoms with Gasteiger partial charge in [-0.2, -0.15) is 0 Å². The molecule has 64 valence electrons. The first-order valence-electron chi connectivity index (χ1n) is 3.37. The highest BCUT2D eigenvalue weighted by Gasteiger charge is 2.04. The molecular weight excluding hydrogens is 156 g/mol. The highest BCUT2D eigenvalue weighted by molar-refractivity contribution is 5.89. The molecule has 0 bridgehead atoms. The average molecular weight is 166 g/mol. The van der Waals surface area contributed by atoms with E-state index in [-0.39, 0.29) is 0 Å². The van der Waals surface area contributed by atoms with E-state index in [2.05, 4.69) is 0 Å². The van der Waals surface area contributed by atoms with Gasteiger partial charge in [0.2, 0.25) is 0 Å². The second-order valence-electron chi connectivity index (χ2n) is 2.34. The quantitative estimate of drug-likeness (QED) is 0.500. The van der Waals surface area contributed by atoms with Crippen molar-refractivity contribution in [1.29, 1.82) is 0 Å². The zero-order valence-electron chi connectivity index (χ0n) is 6.70. The predicted molar refractivity (Wildman–Crippen MR) is 47.2 cm³/mol. The number of aldehydes is 1. The van der Waals surface area contributed by atoms with E-state index in [4.69, 9.17) is 16.2 Å². The molecule has 12 heavy (non-hydrogen) atoms. The molecule has 1 aromatic carbocycles. The molecule has 4 N–H and O–H groups in total. The van der Waals surface area contributed by atoms with E-state index in [0.717, 1.165) is 0 Å². The molecule has 0 unspecified atom stereocenters. The summed E-state index contributed by atoms with van der Waals surface area (Å²) in [4.78, 5) is 10.5. The summed E-state index contributed by atoms with van der Waals surface area (Å²) in [5, 5.41) is 0. The van der Waals surface area contributed by atoms with E-state index < -0.39 is 0 Å². The zero-order chi connectivity index (χ0) is 9.14. The third kappa shape index (κ3) is 1.32. The third-order valence-electron chi connectivity index (χ3n) is 1.58. The number of benzene rings is 1. The number of rotatable bonds is 2. The maximum atomic E-state index is 10.5. The normalized spacial score (nSPS) is 9.42. The van der Waals surface area contributed by atoms with Gasteiger partial charge in [-0.05, 0) is 6.07 Å². The van der Waals surface area contributed by atoms with Crippen LogP contribution in [0.25, 0.3) is 0 Å². The minimum atomic E-state index is 0.297. The molecule has 0 saturated carbocycles. The van der Waals surface area contributed by atoms with Crippen molar-refractivity contribution in [1.82, 2.24) is 0 Å². The van der Waals surface area contributed by atoms with Gasteiger partial charge in [0.05, 0.1) is 18.5 Å². The van der Waals surface area contributed by atoms with E-state index >= 15 is 0 Å². The molecule has 0 fully saturated rings. The molecule has 0 aromatic heterocycles. The summed E-state index contributed by atoms with van der Waals surface area (Å²) in [7, 11) is 1.50. The molecular formula is C8H10N2O2. The summed E-state index contributed by atoms with van der Waals surface area (Å²) in [5.41, 5.74) is 12.0. The zero-order valence-corrected chi connectivity index (χ0v) is 6.70. The lowest BCUT2D eigenvalue weighted by Gasteiger charge is -2.06. The van der Waals surface area contributed by atoms with Crippen LogP contribution in [0.2, 0.25) is 0 Å². The van der Waals surface area contributed by atoms with E-state index in [1.165, 1.54) is 7.11 Å². The van der Waals surface area contributed by atoms with Gasteiger partial charge in [-0.3, -0.25) is 4.79 Å². The topological polar surface area (TPSA) is 78.3 Å². The fourth-order valence-corrected chi connectivity index (χ4v) is 0.886. The van der Waals surface area contributed by atoms with Crippen LogP contribution in [-0.2, 0) is 0 Å². The number of anilines is 2. The molecule has 0 radical (unpaired) electrons. The summed E-state index contributed by atoms with van der Waals surface area (Å²) < 4.78 is 4.90. The average Bonchev–Trinajstić information content (AvgIpc) is 2.09. The number of ether oxygens (including phenoxy) is 1. The Morgan fingerprint density at radius 2 is 2.08 bits per heavy atom. The van der Waals surface area contributed by atoms with Crippen LogP contribution < -0.4 is 16.2 Å². The number of nitrogen functional groups attached to an aromatic ring is 2. The van der Waals surface area contributed by atoms with E-state index in [0.29, 0.717) is 29.0 Å². The van der Waals surface area contributed by atoms with Crippen molar-refractivity contribution in [3.05, 3.63) is 17.7 Å². The largest absolute Gasteiger partial charge is 0.497 e. The monoisotopic (exact) mass is 166 g/mol. The van der Waals surface area contributed by atoms with Gasteiger partial charge in [0.15, 0.2) is 6.29 Å². The van der Waals surface area contributed by atoms with Crippen LogP contribution in [0.5, 0.6) is 5.75 Å². The fourth-order valence-electron chi connectivity index (χ4n) is 0.886. The van der Waals surface area contributed by atoms with E-state index in [1.54, 1.807) is 12.1 Å². The summed E-state index contributed by atoms with van der Waals surface area (Å²) in [5.74, 6) is 0.531. The van der Waals surface area contributed by atoms with Crippen molar-refractivity contribution in [3.8, 4) is 5.75 Å². The van der Waals surface area contributed by atoms with Gasteiger partial charge in [-0.25, -0.2) is 0 Å². The molecule has 0 aliphatic carbocycles. The number of nitrogens with two attached hydrogens (primary N) is 2. The molecule has 0 aliphatic rings. The smallest absolute Gasteiger partial charge is 0.152 e. The van der Waals surface area contributed by atoms with Crippen LogP contribution in [0.1, 0.15) is 10.4 Å². The lowest BCUT2D eigenvalue weighted by atomic mass is 10.1. The molecule has 0 atom stereocenters. The number of hydrogen-bond acceptors (Lipinski definition) is 4. The summed E-state index contributed by atoms with van der Waals surface area (Å²) in [6.45, 7) is 0. The first-order valence-corrected chi connectivity index (χ1v) is 3.37. The Morgan fingerprint density at radius 3 is 2.58 bits per heavy atom. The predicted octanol–water partition coefficient (Wildman–Crippen LogP) is 0.672. The van der Waals surface area contributed by atoms with Crippen molar-refractivity contribution < 1.29 is 9.53 Å². The van der Waals surface area contributed by atoms with Gasteiger partial charge in [0.25, 0.3) is 0 Å². The molecule has 0 amide bonds. The summed E-state index contributed by atoms with van der Waals surface area (Å²) in [6.07, 6.45) is 0.647. The minimum Gasteiger partial charge on any atom is -0.497 e. The van der Waals surface area contributed by atoms with Crippen LogP contribution in [0.4, 0.5) is 11.4 Å². The lowest BCUT2D eigenvalue weighted by Crippen LogP contribution is -2.00. The Morgan fingerprint density at radius 1 is 1.42 bits per heavy atom. The van der Waals surface area contributed by atoms with Crippen molar-refractivity contribution in [2.75, 3.05) is 18.6 Å². The van der Waals surface area contributed by atoms with E-state index in [9.17, 15) is 4.79 Å². The highest BCUT2D eigenvalue weighted by Crippen LogP contribution is 2.25. The van der Waals surface area contributed by atoms with Crippen molar-refractivity contribution in [2.45, 2.75) is 0 Å². The van der Waals surface area contributed by atoms with Crippen molar-refractivity contribution >= 4 is 17.7 Å². The number of methoxy groups -OCH3 is 1. The van der Waals surface area contributed by atoms with Crippen LogP contribution in [-0.4, -0.2) is 13.4 Å².